The molecule has 114 valence electrons. The van der Waals surface area contributed by atoms with Gasteiger partial charge in [0.05, 0.1) is 0 Å². The van der Waals surface area contributed by atoms with E-state index in [0.29, 0.717) is 5.78 Å². The number of aliphatic hydroxyl groups is 1. The van der Waals surface area contributed by atoms with Crippen molar-refractivity contribution < 1.29 is 9.90 Å². The molecule has 0 aromatic carbocycles. The second-order valence-electron chi connectivity index (χ2n) is 6.07. The zero-order valence-electron chi connectivity index (χ0n) is 13.5. The third-order valence-corrected chi connectivity index (χ3v) is 4.55. The molecule has 0 aromatic rings. The van der Waals surface area contributed by atoms with Gasteiger partial charge in [0.15, 0.2) is 0 Å². The normalized spacial score (nSPS) is 25.8. The molecule has 0 amide bonds. The van der Waals surface area contributed by atoms with Crippen LogP contribution in [-0.4, -0.2) is 18.0 Å². The Hall–Kier alpha value is -0.370. The lowest BCUT2D eigenvalue weighted by atomic mass is 9.84. The lowest BCUT2D eigenvalue weighted by Gasteiger charge is -2.22. The minimum atomic E-state index is 0.350. The highest BCUT2D eigenvalue weighted by Crippen LogP contribution is 2.42. The minimum Gasteiger partial charge on any atom is -0.400 e. The Morgan fingerprint density at radius 2 is 1.79 bits per heavy atom. The van der Waals surface area contributed by atoms with Crippen LogP contribution in [0.2, 0.25) is 0 Å². The topological polar surface area (TPSA) is 37.3 Å². The molecule has 0 aromatic heterocycles. The van der Waals surface area contributed by atoms with Crippen molar-refractivity contribution in [1.29, 1.82) is 0 Å². The summed E-state index contributed by atoms with van der Waals surface area (Å²) in [6.07, 6.45) is 11.6. The van der Waals surface area contributed by atoms with Gasteiger partial charge in [0, 0.05) is 13.5 Å². The van der Waals surface area contributed by atoms with E-state index < -0.39 is 0 Å². The molecule has 0 radical (unpaired) electrons. The second-order valence-corrected chi connectivity index (χ2v) is 6.07. The maximum Gasteiger partial charge on any atom is 0.129 e. The molecule has 1 saturated carbocycles. The first-order chi connectivity index (χ1) is 9.15. The van der Waals surface area contributed by atoms with Crippen LogP contribution >= 0.6 is 0 Å². The van der Waals surface area contributed by atoms with Gasteiger partial charge in [-0.2, -0.15) is 0 Å². The first-order valence-corrected chi connectivity index (χ1v) is 8.09. The smallest absolute Gasteiger partial charge is 0.129 e. The van der Waals surface area contributed by atoms with E-state index in [1.54, 1.807) is 6.92 Å². The van der Waals surface area contributed by atoms with E-state index >= 15 is 0 Å². The molecule has 1 N–H and O–H groups in total. The molecule has 1 aliphatic carbocycles. The van der Waals surface area contributed by atoms with Crippen molar-refractivity contribution in [3.8, 4) is 0 Å². The molecule has 0 spiro atoms. The molecule has 0 saturated heterocycles. The van der Waals surface area contributed by atoms with Crippen LogP contribution in [0.5, 0.6) is 0 Å². The molecule has 2 nitrogen and oxygen atoms in total. The van der Waals surface area contributed by atoms with Gasteiger partial charge in [0.1, 0.15) is 5.78 Å². The molecule has 3 unspecified atom stereocenters. The Bertz CT molecular complexity index is 225. The average Bonchev–Trinajstić information content (AvgIpc) is 2.74. The fourth-order valence-electron chi connectivity index (χ4n) is 3.54. The molecule has 19 heavy (non-hydrogen) atoms. The van der Waals surface area contributed by atoms with Gasteiger partial charge in [-0.05, 0) is 37.5 Å². The van der Waals surface area contributed by atoms with Crippen molar-refractivity contribution in [2.24, 2.45) is 17.8 Å². The maximum absolute atomic E-state index is 10.8. The molecule has 1 rings (SSSR count). The molecular formula is C17H34O2. The molecule has 1 aliphatic rings. The summed E-state index contributed by atoms with van der Waals surface area (Å²) in [4.78, 5) is 10.8. The summed E-state index contributed by atoms with van der Waals surface area (Å²) in [6.45, 7) is 6.46. The van der Waals surface area contributed by atoms with Crippen LogP contribution in [0.25, 0.3) is 0 Å². The van der Waals surface area contributed by atoms with Crippen molar-refractivity contribution >= 4 is 5.78 Å². The predicted molar refractivity (Wildman–Crippen MR) is 82.2 cm³/mol. The Morgan fingerprint density at radius 3 is 2.37 bits per heavy atom. The van der Waals surface area contributed by atoms with E-state index in [-0.39, 0.29) is 0 Å². The molecule has 1 fully saturated rings. The number of carbonyl (C=O) groups is 1. The number of hydrogen-bond donors (Lipinski definition) is 1. The van der Waals surface area contributed by atoms with Crippen LogP contribution in [0, 0.1) is 17.8 Å². The summed E-state index contributed by atoms with van der Waals surface area (Å²) in [5.74, 6) is 3.29. The lowest BCUT2D eigenvalue weighted by Crippen LogP contribution is -2.13. The number of hydrogen-bond acceptors (Lipinski definition) is 2. The van der Waals surface area contributed by atoms with Gasteiger partial charge in [-0.25, -0.2) is 0 Å². The molecular weight excluding hydrogens is 236 g/mol. The van der Waals surface area contributed by atoms with E-state index in [9.17, 15) is 4.79 Å². The predicted octanol–water partition coefficient (Wildman–Crippen LogP) is 4.60. The van der Waals surface area contributed by atoms with Crippen molar-refractivity contribution in [1.82, 2.24) is 0 Å². The highest BCUT2D eigenvalue weighted by molar-refractivity contribution is 5.75. The van der Waals surface area contributed by atoms with Crippen molar-refractivity contribution in [3.63, 3.8) is 0 Å². The highest BCUT2D eigenvalue weighted by Gasteiger charge is 2.31. The number of Topliss-reactive ketones (excluding diaryl/α,β-unsaturated/α-hetero) is 1. The van der Waals surface area contributed by atoms with Gasteiger partial charge in [-0.3, -0.25) is 0 Å². The van der Waals surface area contributed by atoms with Gasteiger partial charge in [0.25, 0.3) is 0 Å². The lowest BCUT2D eigenvalue weighted by molar-refractivity contribution is -0.117. The molecule has 3 atom stereocenters. The van der Waals surface area contributed by atoms with Crippen LogP contribution in [-0.2, 0) is 4.79 Å². The number of unbranched alkanes of at least 4 members (excludes halogenated alkanes) is 2. The number of rotatable bonds is 8. The summed E-state index contributed by atoms with van der Waals surface area (Å²) in [5.41, 5.74) is 0. The SMILES string of the molecule is CCCC1C(C)CCC1CCCCCC(C)=O.CO. The van der Waals surface area contributed by atoms with E-state index in [0.717, 1.165) is 37.7 Å². The Morgan fingerprint density at radius 1 is 1.11 bits per heavy atom. The fraction of sp³-hybridized carbons (Fsp3) is 0.941. The molecule has 0 heterocycles. The highest BCUT2D eigenvalue weighted by atomic mass is 16.2. The van der Waals surface area contributed by atoms with Crippen LogP contribution in [0.3, 0.4) is 0 Å². The van der Waals surface area contributed by atoms with Gasteiger partial charge >= 0.3 is 0 Å². The van der Waals surface area contributed by atoms with Gasteiger partial charge in [-0.1, -0.05) is 52.4 Å². The van der Waals surface area contributed by atoms with Gasteiger partial charge < -0.3 is 9.90 Å². The van der Waals surface area contributed by atoms with Crippen molar-refractivity contribution in [2.45, 2.75) is 78.6 Å². The van der Waals surface area contributed by atoms with E-state index in [2.05, 4.69) is 13.8 Å². The summed E-state index contributed by atoms with van der Waals surface area (Å²) in [6, 6.07) is 0. The molecule has 2 heteroatoms. The summed E-state index contributed by atoms with van der Waals surface area (Å²) in [5, 5.41) is 7.00. The summed E-state index contributed by atoms with van der Waals surface area (Å²) < 4.78 is 0. The van der Waals surface area contributed by atoms with Crippen molar-refractivity contribution in [2.75, 3.05) is 7.11 Å². The number of ketones is 1. The third kappa shape index (κ3) is 7.71. The maximum atomic E-state index is 10.8. The molecule has 0 aliphatic heterocycles. The largest absolute Gasteiger partial charge is 0.400 e. The van der Waals surface area contributed by atoms with Gasteiger partial charge in [-0.15, -0.1) is 0 Å². The first kappa shape index (κ1) is 18.6. The van der Waals surface area contributed by atoms with Crippen LogP contribution < -0.4 is 0 Å². The number of aliphatic hydroxyl groups excluding tert-OH is 1. The zero-order valence-corrected chi connectivity index (χ0v) is 13.5. The first-order valence-electron chi connectivity index (χ1n) is 8.09. The quantitative estimate of drug-likeness (QED) is 0.655. The minimum absolute atomic E-state index is 0.350. The standard InChI is InChI=1S/C16H30O.CH4O/c1-4-8-16-13(2)11-12-15(16)10-7-5-6-9-14(3)17;1-2/h13,15-16H,4-12H2,1-3H3;2H,1H3. The van der Waals surface area contributed by atoms with Crippen LogP contribution in [0.15, 0.2) is 0 Å². The monoisotopic (exact) mass is 270 g/mol. The molecule has 0 bridgehead atoms. The number of carbonyl (C=O) groups excluding carboxylic acids is 1. The second kappa shape index (κ2) is 11.5. The Balaban J connectivity index is 0.00000154. The van der Waals surface area contributed by atoms with Gasteiger partial charge in [0.2, 0.25) is 0 Å². The summed E-state index contributed by atoms with van der Waals surface area (Å²) in [7, 11) is 1.00. The van der Waals surface area contributed by atoms with E-state index in [1.807, 2.05) is 0 Å². The Labute approximate surface area is 120 Å². The van der Waals surface area contributed by atoms with E-state index in [1.165, 1.54) is 44.9 Å². The zero-order chi connectivity index (χ0) is 14.7. The third-order valence-electron chi connectivity index (χ3n) is 4.55. The Kier molecular flexibility index (Phi) is 11.2. The van der Waals surface area contributed by atoms with E-state index in [4.69, 9.17) is 5.11 Å². The van der Waals surface area contributed by atoms with Crippen LogP contribution in [0.4, 0.5) is 0 Å². The summed E-state index contributed by atoms with van der Waals surface area (Å²) >= 11 is 0. The average molecular weight is 270 g/mol. The fourth-order valence-corrected chi connectivity index (χ4v) is 3.54. The van der Waals surface area contributed by atoms with Crippen molar-refractivity contribution in [3.05, 3.63) is 0 Å². The van der Waals surface area contributed by atoms with Crippen LogP contribution in [0.1, 0.15) is 78.6 Å².